The average Bonchev–Trinajstić information content (AvgIpc) is 3.56. The summed E-state index contributed by atoms with van der Waals surface area (Å²) in [5.41, 5.74) is 1.67. The number of anilines is 1. The smallest absolute Gasteiger partial charge is 0.322 e. The third-order valence-electron chi connectivity index (χ3n) is 5.67. The molecule has 9 heteroatoms. The molecule has 0 aliphatic heterocycles. The number of carbonyl (C=O) groups is 2. The summed E-state index contributed by atoms with van der Waals surface area (Å²) in [4.78, 5) is 30.3. The first-order valence-corrected chi connectivity index (χ1v) is 11.8. The molecule has 0 unspecified atom stereocenters. The lowest BCUT2D eigenvalue weighted by molar-refractivity contribution is -0.133. The van der Waals surface area contributed by atoms with Crippen molar-refractivity contribution in [2.75, 3.05) is 11.9 Å². The molecular weight excluding hydrogens is 463 g/mol. The monoisotopic (exact) mass is 487 g/mol. The van der Waals surface area contributed by atoms with Crippen molar-refractivity contribution in [3.05, 3.63) is 87.4 Å². The van der Waals surface area contributed by atoms with Crippen LogP contribution in [0.1, 0.15) is 28.8 Å². The van der Waals surface area contributed by atoms with E-state index in [-0.39, 0.29) is 36.5 Å². The number of amides is 3. The molecule has 0 saturated heterocycles. The number of hydrogen-bond donors (Lipinski definition) is 1. The summed E-state index contributed by atoms with van der Waals surface area (Å²) in [5.74, 6) is -2.27. The molecule has 1 N–H and O–H groups in total. The molecule has 0 atom stereocenters. The molecule has 5 nitrogen and oxygen atoms in total. The zero-order chi connectivity index (χ0) is 24.2. The third-order valence-corrected chi connectivity index (χ3v) is 6.68. The van der Waals surface area contributed by atoms with E-state index in [9.17, 15) is 22.8 Å². The van der Waals surface area contributed by atoms with Gasteiger partial charge >= 0.3 is 6.03 Å². The van der Waals surface area contributed by atoms with Crippen molar-refractivity contribution >= 4 is 29.0 Å². The van der Waals surface area contributed by atoms with E-state index in [0.29, 0.717) is 12.6 Å². The third kappa shape index (κ3) is 5.96. The number of urea groups is 1. The fourth-order valence-corrected chi connectivity index (χ4v) is 4.48. The lowest BCUT2D eigenvalue weighted by Crippen LogP contribution is -2.45. The fraction of sp³-hybridized carbons (Fsp3) is 0.280. The Hall–Kier alpha value is -3.33. The molecule has 1 saturated carbocycles. The SMILES string of the molecule is Cc1ccsc1CN(Cc1ccc(F)cc1)C(=O)CN(C(=O)Nc1ccc(F)cc1F)C1CC1. The number of carbonyl (C=O) groups excluding carboxylic acids is 2. The summed E-state index contributed by atoms with van der Waals surface area (Å²) in [6.07, 6.45) is 1.49. The molecule has 1 fully saturated rings. The summed E-state index contributed by atoms with van der Waals surface area (Å²) in [5, 5.41) is 4.40. The van der Waals surface area contributed by atoms with Crippen LogP contribution in [0.4, 0.5) is 23.7 Å². The number of thiophene rings is 1. The standard InChI is InChI=1S/C25H24F3N3O2S/c1-16-10-11-34-23(16)14-30(13-17-2-4-18(26)5-3-17)24(32)15-31(20-7-8-20)25(33)29-22-9-6-19(27)12-21(22)28/h2-6,9-12,20H,7-8,13-15H2,1H3,(H,29,33). The van der Waals surface area contributed by atoms with Crippen molar-refractivity contribution in [1.29, 1.82) is 0 Å². The van der Waals surface area contributed by atoms with Crippen molar-refractivity contribution < 1.29 is 22.8 Å². The highest BCUT2D eigenvalue weighted by Gasteiger charge is 2.35. The second-order valence-corrected chi connectivity index (χ2v) is 9.32. The highest BCUT2D eigenvalue weighted by atomic mass is 32.1. The minimum absolute atomic E-state index is 0.122. The van der Waals surface area contributed by atoms with E-state index in [0.717, 1.165) is 41.0 Å². The Morgan fingerprint density at radius 2 is 1.71 bits per heavy atom. The zero-order valence-corrected chi connectivity index (χ0v) is 19.4. The maximum atomic E-state index is 14.0. The van der Waals surface area contributed by atoms with Gasteiger partial charge in [-0.1, -0.05) is 12.1 Å². The van der Waals surface area contributed by atoms with Crippen LogP contribution in [-0.4, -0.2) is 34.3 Å². The molecule has 1 aromatic heterocycles. The van der Waals surface area contributed by atoms with Gasteiger partial charge in [0.05, 0.1) is 12.2 Å². The fourth-order valence-electron chi connectivity index (χ4n) is 3.56. The van der Waals surface area contributed by atoms with Crippen LogP contribution in [-0.2, 0) is 17.9 Å². The molecule has 0 radical (unpaired) electrons. The number of hydrogen-bond acceptors (Lipinski definition) is 3. The van der Waals surface area contributed by atoms with Crippen molar-refractivity contribution in [2.45, 2.75) is 38.9 Å². The lowest BCUT2D eigenvalue weighted by atomic mass is 10.2. The van der Waals surface area contributed by atoms with E-state index in [1.807, 2.05) is 18.4 Å². The molecule has 3 amide bonds. The van der Waals surface area contributed by atoms with Gasteiger partial charge in [-0.3, -0.25) is 4.79 Å². The topological polar surface area (TPSA) is 52.7 Å². The second-order valence-electron chi connectivity index (χ2n) is 8.32. The number of benzene rings is 2. The first-order chi connectivity index (χ1) is 16.3. The van der Waals surface area contributed by atoms with Gasteiger partial charge in [-0.05, 0) is 66.6 Å². The highest BCUT2D eigenvalue weighted by Crippen LogP contribution is 2.28. The van der Waals surface area contributed by atoms with E-state index in [1.54, 1.807) is 17.0 Å². The molecule has 1 aliphatic rings. The van der Waals surface area contributed by atoms with Crippen LogP contribution >= 0.6 is 11.3 Å². The average molecular weight is 488 g/mol. The Morgan fingerprint density at radius 3 is 2.32 bits per heavy atom. The molecule has 34 heavy (non-hydrogen) atoms. The Labute approximate surface area is 199 Å². The predicted molar refractivity (Wildman–Crippen MR) is 125 cm³/mol. The number of nitrogens with zero attached hydrogens (tertiary/aromatic N) is 2. The minimum Gasteiger partial charge on any atom is -0.332 e. The number of nitrogens with one attached hydrogen (secondary N) is 1. The number of rotatable bonds is 8. The van der Waals surface area contributed by atoms with Crippen LogP contribution in [0.2, 0.25) is 0 Å². The molecule has 0 spiro atoms. The van der Waals surface area contributed by atoms with Crippen LogP contribution in [0.5, 0.6) is 0 Å². The largest absolute Gasteiger partial charge is 0.332 e. The van der Waals surface area contributed by atoms with Crippen LogP contribution in [0.25, 0.3) is 0 Å². The summed E-state index contributed by atoms with van der Waals surface area (Å²) in [7, 11) is 0. The molecule has 0 bridgehead atoms. The normalized spacial score (nSPS) is 12.9. The summed E-state index contributed by atoms with van der Waals surface area (Å²) < 4.78 is 40.6. The molecule has 4 rings (SSSR count). The van der Waals surface area contributed by atoms with E-state index in [2.05, 4.69) is 5.32 Å². The first kappa shape index (κ1) is 23.8. The van der Waals surface area contributed by atoms with Gasteiger partial charge in [0.25, 0.3) is 0 Å². The minimum atomic E-state index is -0.887. The van der Waals surface area contributed by atoms with Gasteiger partial charge in [-0.15, -0.1) is 11.3 Å². The van der Waals surface area contributed by atoms with Gasteiger partial charge in [0.1, 0.15) is 24.0 Å². The van der Waals surface area contributed by atoms with Crippen molar-refractivity contribution in [2.24, 2.45) is 0 Å². The molecule has 3 aromatic rings. The van der Waals surface area contributed by atoms with E-state index >= 15 is 0 Å². The summed E-state index contributed by atoms with van der Waals surface area (Å²) in [6.45, 7) is 2.38. The van der Waals surface area contributed by atoms with Gasteiger partial charge < -0.3 is 15.1 Å². The molecule has 1 aliphatic carbocycles. The lowest BCUT2D eigenvalue weighted by Gasteiger charge is -2.28. The number of aryl methyl sites for hydroxylation is 1. The zero-order valence-electron chi connectivity index (χ0n) is 18.6. The van der Waals surface area contributed by atoms with Crippen LogP contribution in [0.3, 0.4) is 0 Å². The van der Waals surface area contributed by atoms with Crippen LogP contribution < -0.4 is 5.32 Å². The first-order valence-electron chi connectivity index (χ1n) is 10.9. The van der Waals surface area contributed by atoms with Gasteiger partial charge in [-0.2, -0.15) is 0 Å². The Balaban J connectivity index is 1.50. The van der Waals surface area contributed by atoms with Gasteiger partial charge in [0, 0.05) is 23.5 Å². The predicted octanol–water partition coefficient (Wildman–Crippen LogP) is 5.70. The van der Waals surface area contributed by atoms with Gasteiger partial charge in [0.2, 0.25) is 5.91 Å². The summed E-state index contributed by atoms with van der Waals surface area (Å²) in [6, 6.07) is 10.1. The maximum absolute atomic E-state index is 14.0. The summed E-state index contributed by atoms with van der Waals surface area (Å²) >= 11 is 1.54. The quantitative estimate of drug-likeness (QED) is 0.443. The molecule has 178 valence electrons. The van der Waals surface area contributed by atoms with E-state index in [4.69, 9.17) is 0 Å². The van der Waals surface area contributed by atoms with Crippen LogP contribution in [0, 0.1) is 24.4 Å². The van der Waals surface area contributed by atoms with E-state index < -0.39 is 17.7 Å². The molecule has 2 aromatic carbocycles. The second kappa shape index (κ2) is 10.3. The maximum Gasteiger partial charge on any atom is 0.322 e. The van der Waals surface area contributed by atoms with Crippen LogP contribution in [0.15, 0.2) is 53.9 Å². The van der Waals surface area contributed by atoms with Crippen molar-refractivity contribution in [3.8, 4) is 0 Å². The van der Waals surface area contributed by atoms with Crippen molar-refractivity contribution in [3.63, 3.8) is 0 Å². The molecular formula is C25H24F3N3O2S. The van der Waals surface area contributed by atoms with Gasteiger partial charge in [0.15, 0.2) is 0 Å². The highest BCUT2D eigenvalue weighted by molar-refractivity contribution is 7.10. The Morgan fingerprint density at radius 1 is 1.00 bits per heavy atom. The number of halogens is 3. The van der Waals surface area contributed by atoms with Crippen molar-refractivity contribution in [1.82, 2.24) is 9.80 Å². The Bertz CT molecular complexity index is 1180. The Kier molecular flexibility index (Phi) is 7.21. The molecule has 1 heterocycles. The van der Waals surface area contributed by atoms with E-state index in [1.165, 1.54) is 28.4 Å². The van der Waals surface area contributed by atoms with Gasteiger partial charge in [-0.25, -0.2) is 18.0 Å².